The molecule has 0 aliphatic carbocycles. The van der Waals surface area contributed by atoms with E-state index in [-0.39, 0.29) is 23.0 Å². The summed E-state index contributed by atoms with van der Waals surface area (Å²) in [6, 6.07) is 3.29. The minimum absolute atomic E-state index is 0.0630. The number of aromatic nitrogens is 2. The summed E-state index contributed by atoms with van der Waals surface area (Å²) in [6.07, 6.45) is 0.789. The number of methoxy groups -OCH3 is 2. The predicted octanol–water partition coefficient (Wildman–Crippen LogP) is 0.233. The van der Waals surface area contributed by atoms with Crippen LogP contribution in [0.5, 0.6) is 11.5 Å². The lowest BCUT2D eigenvalue weighted by Crippen LogP contribution is -2.39. The van der Waals surface area contributed by atoms with E-state index in [1.165, 1.54) is 14.2 Å². The van der Waals surface area contributed by atoms with Gasteiger partial charge in [0.1, 0.15) is 5.82 Å². The van der Waals surface area contributed by atoms with Gasteiger partial charge in [-0.25, -0.2) is 13.4 Å². The lowest BCUT2D eigenvalue weighted by molar-refractivity contribution is -0.134. The molecular formula is C19H23N3O6S. The van der Waals surface area contributed by atoms with Crippen molar-refractivity contribution in [3.63, 3.8) is 0 Å². The maximum Gasteiger partial charge on any atom is 0.261 e. The highest BCUT2D eigenvalue weighted by atomic mass is 32.2. The number of carbonyl (C=O) groups excluding carboxylic acids is 1. The first kappa shape index (κ1) is 19.7. The van der Waals surface area contributed by atoms with Crippen molar-refractivity contribution in [3.05, 3.63) is 28.3 Å². The molecule has 0 spiro atoms. The topological polar surface area (TPSA) is 108 Å². The van der Waals surface area contributed by atoms with Crippen molar-refractivity contribution < 1.29 is 22.7 Å². The van der Waals surface area contributed by atoms with Gasteiger partial charge in [-0.15, -0.1) is 0 Å². The van der Waals surface area contributed by atoms with Crippen LogP contribution in [0.4, 0.5) is 0 Å². The number of ether oxygens (including phenoxy) is 2. The third kappa shape index (κ3) is 3.57. The summed E-state index contributed by atoms with van der Waals surface area (Å²) >= 11 is 0. The number of fused-ring (bicyclic) bond motifs is 2. The van der Waals surface area contributed by atoms with Crippen LogP contribution >= 0.6 is 0 Å². The smallest absolute Gasteiger partial charge is 0.261 e. The molecule has 2 aromatic rings. The van der Waals surface area contributed by atoms with Crippen molar-refractivity contribution in [2.24, 2.45) is 5.92 Å². The van der Waals surface area contributed by atoms with Crippen LogP contribution in [0.25, 0.3) is 10.9 Å². The fourth-order valence-electron chi connectivity index (χ4n) is 4.05. The zero-order valence-corrected chi connectivity index (χ0v) is 17.2. The van der Waals surface area contributed by atoms with Crippen molar-refractivity contribution in [2.75, 3.05) is 38.8 Å². The van der Waals surface area contributed by atoms with Crippen LogP contribution in [0.15, 0.2) is 16.9 Å². The highest BCUT2D eigenvalue weighted by Crippen LogP contribution is 2.30. The van der Waals surface area contributed by atoms with E-state index < -0.39 is 15.8 Å². The Morgan fingerprint density at radius 3 is 2.52 bits per heavy atom. The van der Waals surface area contributed by atoms with Gasteiger partial charge in [-0.1, -0.05) is 0 Å². The molecule has 0 radical (unpaired) electrons. The Hall–Kier alpha value is -2.62. The van der Waals surface area contributed by atoms with Gasteiger partial charge >= 0.3 is 0 Å². The van der Waals surface area contributed by atoms with Crippen molar-refractivity contribution in [3.8, 4) is 11.5 Å². The third-order valence-corrected chi connectivity index (χ3v) is 7.40. The molecule has 0 N–H and O–H groups in total. The lowest BCUT2D eigenvalue weighted by atomic mass is 10.1. The average molecular weight is 421 g/mol. The van der Waals surface area contributed by atoms with Gasteiger partial charge in [-0.3, -0.25) is 14.2 Å². The Bertz CT molecular complexity index is 1140. The van der Waals surface area contributed by atoms with Crippen LogP contribution < -0.4 is 15.0 Å². The number of benzene rings is 1. The molecule has 1 fully saturated rings. The molecule has 0 bridgehead atoms. The van der Waals surface area contributed by atoms with Crippen molar-refractivity contribution in [1.29, 1.82) is 0 Å². The van der Waals surface area contributed by atoms with Gasteiger partial charge in [-0.2, -0.15) is 0 Å². The maximum atomic E-state index is 13.1. The number of hydrogen-bond acceptors (Lipinski definition) is 7. The highest BCUT2D eigenvalue weighted by molar-refractivity contribution is 7.91. The van der Waals surface area contributed by atoms with Crippen LogP contribution in [0.1, 0.15) is 12.2 Å². The summed E-state index contributed by atoms with van der Waals surface area (Å²) in [5.74, 6) is 0.879. The molecule has 0 unspecified atom stereocenters. The number of sulfone groups is 1. The van der Waals surface area contributed by atoms with E-state index in [2.05, 4.69) is 4.98 Å². The first-order chi connectivity index (χ1) is 13.8. The number of hydrogen-bond donors (Lipinski definition) is 0. The van der Waals surface area contributed by atoms with E-state index in [1.807, 2.05) is 0 Å². The highest BCUT2D eigenvalue weighted by Gasteiger charge is 2.36. The normalized spacial score (nSPS) is 20.9. The van der Waals surface area contributed by atoms with Gasteiger partial charge in [0, 0.05) is 32.1 Å². The molecule has 9 nitrogen and oxygen atoms in total. The summed E-state index contributed by atoms with van der Waals surface area (Å²) in [4.78, 5) is 32.1. The van der Waals surface area contributed by atoms with E-state index in [4.69, 9.17) is 9.47 Å². The van der Waals surface area contributed by atoms with Gasteiger partial charge in [0.25, 0.3) is 5.56 Å². The third-order valence-electron chi connectivity index (χ3n) is 5.63. The fourth-order valence-corrected chi connectivity index (χ4v) is 5.78. The molecule has 10 heteroatoms. The zero-order chi connectivity index (χ0) is 20.8. The van der Waals surface area contributed by atoms with Gasteiger partial charge in [0.15, 0.2) is 21.3 Å². The molecule has 2 aliphatic rings. The maximum absolute atomic E-state index is 13.1. The van der Waals surface area contributed by atoms with Gasteiger partial charge in [0.2, 0.25) is 5.91 Å². The summed E-state index contributed by atoms with van der Waals surface area (Å²) in [7, 11) is -0.102. The molecule has 1 aromatic carbocycles. The Morgan fingerprint density at radius 1 is 1.14 bits per heavy atom. The number of amides is 1. The van der Waals surface area contributed by atoms with Crippen molar-refractivity contribution in [1.82, 2.24) is 14.5 Å². The minimum atomic E-state index is -3.13. The first-order valence-corrected chi connectivity index (χ1v) is 11.3. The molecule has 2 aliphatic heterocycles. The van der Waals surface area contributed by atoms with Crippen molar-refractivity contribution in [2.45, 2.75) is 19.4 Å². The fraction of sp³-hybridized carbons (Fsp3) is 0.526. The number of nitrogens with zero attached hydrogens (tertiary/aromatic N) is 3. The molecule has 3 heterocycles. The number of carbonyl (C=O) groups is 1. The molecular weight excluding hydrogens is 398 g/mol. The van der Waals surface area contributed by atoms with E-state index in [9.17, 15) is 18.0 Å². The van der Waals surface area contributed by atoms with E-state index in [0.717, 1.165) is 0 Å². The summed E-state index contributed by atoms with van der Waals surface area (Å²) in [5, 5.41) is 0.424. The van der Waals surface area contributed by atoms with Crippen LogP contribution in [0.2, 0.25) is 0 Å². The SMILES string of the molecule is COc1cc2nc3n(c(=O)c2cc1OC)CCN(C(=O)[C@H]1CCS(=O)(=O)C1)CC3. The van der Waals surface area contributed by atoms with Crippen LogP contribution in [0, 0.1) is 5.92 Å². The van der Waals surface area contributed by atoms with E-state index in [0.29, 0.717) is 60.7 Å². The molecule has 4 rings (SSSR count). The molecule has 1 atom stereocenters. The second-order valence-electron chi connectivity index (χ2n) is 7.38. The second-order valence-corrected chi connectivity index (χ2v) is 9.61. The van der Waals surface area contributed by atoms with E-state index >= 15 is 0 Å². The average Bonchev–Trinajstić information content (AvgIpc) is 2.94. The molecule has 1 saturated heterocycles. The van der Waals surface area contributed by atoms with Gasteiger partial charge in [-0.05, 0) is 12.5 Å². The summed E-state index contributed by atoms with van der Waals surface area (Å²) in [6.45, 7) is 1.07. The Morgan fingerprint density at radius 2 is 1.86 bits per heavy atom. The molecule has 156 valence electrons. The Kier molecular flexibility index (Phi) is 4.97. The minimum Gasteiger partial charge on any atom is -0.493 e. The predicted molar refractivity (Wildman–Crippen MR) is 106 cm³/mol. The monoisotopic (exact) mass is 421 g/mol. The van der Waals surface area contributed by atoms with Gasteiger partial charge in [0.05, 0.1) is 42.5 Å². The van der Waals surface area contributed by atoms with Crippen LogP contribution in [-0.2, 0) is 27.6 Å². The quantitative estimate of drug-likeness (QED) is 0.698. The number of rotatable bonds is 3. The van der Waals surface area contributed by atoms with Gasteiger partial charge < -0.3 is 14.4 Å². The summed E-state index contributed by atoms with van der Waals surface area (Å²) in [5.41, 5.74) is 0.323. The molecule has 1 aromatic heterocycles. The van der Waals surface area contributed by atoms with E-state index in [1.54, 1.807) is 21.6 Å². The second kappa shape index (κ2) is 7.33. The molecule has 0 saturated carbocycles. The summed E-state index contributed by atoms with van der Waals surface area (Å²) < 4.78 is 35.6. The first-order valence-electron chi connectivity index (χ1n) is 9.47. The lowest BCUT2D eigenvalue weighted by Gasteiger charge is -2.22. The Labute approximate surface area is 168 Å². The van der Waals surface area contributed by atoms with Crippen LogP contribution in [-0.4, -0.2) is 67.6 Å². The van der Waals surface area contributed by atoms with Crippen molar-refractivity contribution >= 4 is 26.6 Å². The largest absolute Gasteiger partial charge is 0.493 e. The standard InChI is InChI=1S/C19H23N3O6S/c1-27-15-9-13-14(10-16(15)28-2)20-17-3-5-21(6-7-22(17)19(13)24)18(23)12-4-8-29(25,26)11-12/h9-10,12H,3-8,11H2,1-2H3/t12-/m0/s1. The zero-order valence-electron chi connectivity index (χ0n) is 16.4. The van der Waals surface area contributed by atoms with Crippen LogP contribution in [0.3, 0.4) is 0 Å². The Balaban J connectivity index is 1.64. The molecule has 29 heavy (non-hydrogen) atoms. The molecule has 1 amide bonds.